The molecule has 3 heterocycles. The minimum absolute atomic E-state index is 0.0403. The van der Waals surface area contributed by atoms with Gasteiger partial charge in [0.1, 0.15) is 22.7 Å². The predicted molar refractivity (Wildman–Crippen MR) is 143 cm³/mol. The van der Waals surface area contributed by atoms with Crippen LogP contribution < -0.4 is 11.1 Å². The highest BCUT2D eigenvalue weighted by Crippen LogP contribution is 2.45. The van der Waals surface area contributed by atoms with E-state index >= 15 is 0 Å². The number of benzene rings is 2. The monoisotopic (exact) mass is 518 g/mol. The van der Waals surface area contributed by atoms with Crippen molar-refractivity contribution in [2.75, 3.05) is 11.1 Å². The number of unbranched alkanes of at least 4 members (excludes halogenated alkanes) is 1. The molecule has 37 heavy (non-hydrogen) atoms. The van der Waals surface area contributed by atoms with E-state index in [1.54, 1.807) is 13.0 Å². The number of hydrogen-bond acceptors (Lipinski definition) is 6. The molecule has 190 valence electrons. The van der Waals surface area contributed by atoms with Crippen molar-refractivity contribution in [2.45, 2.75) is 51.5 Å². The van der Waals surface area contributed by atoms with Crippen molar-refractivity contribution in [3.63, 3.8) is 0 Å². The molecule has 5 rings (SSSR count). The Kier molecular flexibility index (Phi) is 6.33. The molecule has 2 aromatic heterocycles. The van der Waals surface area contributed by atoms with Crippen LogP contribution >= 0.6 is 11.6 Å². The van der Waals surface area contributed by atoms with Gasteiger partial charge in [0.05, 0.1) is 11.1 Å². The second-order valence-corrected chi connectivity index (χ2v) is 9.85. The molecule has 10 heteroatoms. The quantitative estimate of drug-likeness (QED) is 0.304. The van der Waals surface area contributed by atoms with Crippen LogP contribution in [0.3, 0.4) is 0 Å². The summed E-state index contributed by atoms with van der Waals surface area (Å²) in [5.41, 5.74) is 8.95. The Morgan fingerprint density at radius 2 is 1.95 bits per heavy atom. The molecule has 9 nitrogen and oxygen atoms in total. The van der Waals surface area contributed by atoms with Crippen LogP contribution in [0.1, 0.15) is 49.8 Å². The van der Waals surface area contributed by atoms with Gasteiger partial charge in [0, 0.05) is 23.4 Å². The number of rotatable bonds is 8. The normalized spacial score (nSPS) is 16.7. The highest BCUT2D eigenvalue weighted by Gasteiger charge is 2.47. The van der Waals surface area contributed by atoms with Crippen molar-refractivity contribution < 1.29 is 14.7 Å². The lowest BCUT2D eigenvalue weighted by molar-refractivity contribution is -0.137. The molecule has 0 aliphatic carbocycles. The van der Waals surface area contributed by atoms with E-state index in [9.17, 15) is 9.59 Å². The van der Waals surface area contributed by atoms with Crippen molar-refractivity contribution in [3.8, 4) is 11.5 Å². The fraction of sp³-hybridized carbons (Fsp3) is 0.296. The Morgan fingerprint density at radius 1 is 1.19 bits per heavy atom. The van der Waals surface area contributed by atoms with E-state index < -0.39 is 11.4 Å². The predicted octanol–water partition coefficient (Wildman–Crippen LogP) is 4.80. The molecule has 1 atom stereocenters. The molecule has 0 fully saturated rings. The number of fused-ring (bicyclic) bond motifs is 2. The molecule has 1 aliphatic heterocycles. The first-order valence-electron chi connectivity index (χ1n) is 12.2. The van der Waals surface area contributed by atoms with Crippen LogP contribution in [-0.4, -0.2) is 36.7 Å². The van der Waals surface area contributed by atoms with Crippen LogP contribution in [0.15, 0.2) is 42.5 Å². The number of amides is 1. The summed E-state index contributed by atoms with van der Waals surface area (Å²) in [6, 6.07) is 12.9. The molecule has 0 radical (unpaired) electrons. The summed E-state index contributed by atoms with van der Waals surface area (Å²) in [5, 5.41) is 18.1. The minimum atomic E-state index is -1.10. The first-order chi connectivity index (χ1) is 17.7. The SMILES string of the molecule is CCCCn1nc(-c2nc(N)c3c(n2)NC(=O)[C@@]3(C)c2ccc(CCC(=O)O)cc2)c2ccc(Cl)cc21. The zero-order valence-electron chi connectivity index (χ0n) is 20.6. The summed E-state index contributed by atoms with van der Waals surface area (Å²) in [6.45, 7) is 4.63. The smallest absolute Gasteiger partial charge is 0.303 e. The number of nitrogens with one attached hydrogen (secondary N) is 1. The van der Waals surface area contributed by atoms with Gasteiger partial charge in [-0.2, -0.15) is 5.10 Å². The summed E-state index contributed by atoms with van der Waals surface area (Å²) < 4.78 is 1.90. The maximum absolute atomic E-state index is 13.3. The van der Waals surface area contributed by atoms with Crippen molar-refractivity contribution in [3.05, 3.63) is 64.2 Å². The Morgan fingerprint density at radius 3 is 2.65 bits per heavy atom. The van der Waals surface area contributed by atoms with Gasteiger partial charge in [-0.3, -0.25) is 14.3 Å². The minimum Gasteiger partial charge on any atom is -0.481 e. The van der Waals surface area contributed by atoms with Crippen LogP contribution in [0.4, 0.5) is 11.6 Å². The van der Waals surface area contributed by atoms with Gasteiger partial charge in [-0.05, 0) is 49.1 Å². The van der Waals surface area contributed by atoms with Gasteiger partial charge in [0.25, 0.3) is 0 Å². The number of aromatic nitrogens is 4. The van der Waals surface area contributed by atoms with Crippen LogP contribution in [0.5, 0.6) is 0 Å². The fourth-order valence-electron chi connectivity index (χ4n) is 4.84. The van der Waals surface area contributed by atoms with Gasteiger partial charge in [0.2, 0.25) is 5.91 Å². The van der Waals surface area contributed by atoms with Crippen LogP contribution in [0.2, 0.25) is 5.02 Å². The van der Waals surface area contributed by atoms with Crippen LogP contribution in [0, 0.1) is 0 Å². The van der Waals surface area contributed by atoms with Gasteiger partial charge in [0.15, 0.2) is 5.82 Å². The zero-order valence-corrected chi connectivity index (χ0v) is 21.3. The molecule has 0 spiro atoms. The number of carboxylic acids is 1. The number of nitrogens with zero attached hydrogens (tertiary/aromatic N) is 4. The third-order valence-electron chi connectivity index (χ3n) is 6.93. The van der Waals surface area contributed by atoms with Crippen molar-refractivity contribution in [1.82, 2.24) is 19.7 Å². The maximum atomic E-state index is 13.3. The fourth-order valence-corrected chi connectivity index (χ4v) is 5.00. The number of halogens is 1. The number of aryl methyl sites for hydroxylation is 2. The second-order valence-electron chi connectivity index (χ2n) is 9.41. The molecule has 1 aliphatic rings. The lowest BCUT2D eigenvalue weighted by Gasteiger charge is -2.23. The standard InChI is InChI=1S/C27H27ClN6O3/c1-3-4-13-34-19-14-17(28)10-11-18(19)22(33-34)25-30-23(29)21-24(31-25)32-26(37)27(21,2)16-8-5-15(6-9-16)7-12-20(35)36/h5-6,8-11,14H,3-4,7,12-13H2,1-2H3,(H,35,36)(H3,29,30,31,32,37)/t27-/m0/s1. The second kappa shape index (κ2) is 9.48. The van der Waals surface area contributed by atoms with E-state index in [0.29, 0.717) is 34.3 Å². The number of hydrogen-bond donors (Lipinski definition) is 3. The molecule has 1 amide bonds. The average molecular weight is 519 g/mol. The number of carboxylic acid groups (broad SMARTS) is 1. The van der Waals surface area contributed by atoms with Crippen LogP contribution in [0.25, 0.3) is 22.4 Å². The molecular weight excluding hydrogens is 492 g/mol. The maximum Gasteiger partial charge on any atom is 0.303 e. The van der Waals surface area contributed by atoms with Crippen molar-refractivity contribution in [2.24, 2.45) is 0 Å². The lowest BCUT2D eigenvalue weighted by Crippen LogP contribution is -2.33. The molecular formula is C27H27ClN6O3. The summed E-state index contributed by atoms with van der Waals surface area (Å²) >= 11 is 6.26. The van der Waals surface area contributed by atoms with Crippen molar-refractivity contribution in [1.29, 1.82) is 0 Å². The molecule has 0 saturated carbocycles. The zero-order chi connectivity index (χ0) is 26.3. The summed E-state index contributed by atoms with van der Waals surface area (Å²) in [6.07, 6.45) is 2.43. The third kappa shape index (κ3) is 4.29. The van der Waals surface area contributed by atoms with E-state index in [1.165, 1.54) is 0 Å². The van der Waals surface area contributed by atoms with Gasteiger partial charge in [-0.1, -0.05) is 49.2 Å². The third-order valence-corrected chi connectivity index (χ3v) is 7.17. The Bertz CT molecular complexity index is 1530. The highest BCUT2D eigenvalue weighted by molar-refractivity contribution is 6.31. The Labute approximate surface area is 218 Å². The van der Waals surface area contributed by atoms with Gasteiger partial charge >= 0.3 is 5.97 Å². The molecule has 4 N–H and O–H groups in total. The number of carbonyl (C=O) groups excluding carboxylic acids is 1. The topological polar surface area (TPSA) is 136 Å². The lowest BCUT2D eigenvalue weighted by atomic mass is 9.77. The van der Waals surface area contributed by atoms with Gasteiger partial charge in [-0.15, -0.1) is 0 Å². The molecule has 4 aromatic rings. The largest absolute Gasteiger partial charge is 0.481 e. The average Bonchev–Trinajstić information content (AvgIpc) is 3.36. The Balaban J connectivity index is 1.56. The van der Waals surface area contributed by atoms with Crippen molar-refractivity contribution >= 4 is 46.0 Å². The van der Waals surface area contributed by atoms with E-state index in [-0.39, 0.29) is 18.1 Å². The number of nitrogens with two attached hydrogens (primary N) is 1. The van der Waals surface area contributed by atoms with Crippen LogP contribution in [-0.2, 0) is 28.0 Å². The first kappa shape index (κ1) is 24.7. The summed E-state index contributed by atoms with van der Waals surface area (Å²) in [7, 11) is 0. The number of carbonyl (C=O) groups is 2. The van der Waals surface area contributed by atoms with E-state index in [0.717, 1.165) is 41.4 Å². The number of aliphatic carboxylic acids is 1. The molecule has 0 unspecified atom stereocenters. The molecule has 2 aromatic carbocycles. The van der Waals surface area contributed by atoms with Gasteiger partial charge in [-0.25, -0.2) is 9.97 Å². The molecule has 0 saturated heterocycles. The van der Waals surface area contributed by atoms with E-state index in [2.05, 4.69) is 17.2 Å². The van der Waals surface area contributed by atoms with E-state index in [4.69, 9.17) is 32.5 Å². The highest BCUT2D eigenvalue weighted by atomic mass is 35.5. The Hall–Kier alpha value is -3.98. The van der Waals surface area contributed by atoms with Gasteiger partial charge < -0.3 is 16.2 Å². The summed E-state index contributed by atoms with van der Waals surface area (Å²) in [4.78, 5) is 33.5. The number of anilines is 2. The van der Waals surface area contributed by atoms with E-state index in [1.807, 2.05) is 41.1 Å². The molecule has 0 bridgehead atoms. The first-order valence-corrected chi connectivity index (χ1v) is 12.6. The summed E-state index contributed by atoms with van der Waals surface area (Å²) in [5.74, 6) is -0.237. The number of nitrogen functional groups attached to an aromatic ring is 1.